The molecule has 6 heteroatoms. The Balaban J connectivity index is 1.29. The second-order valence-corrected chi connectivity index (χ2v) is 7.64. The summed E-state index contributed by atoms with van der Waals surface area (Å²) in [5.41, 5.74) is 1.70. The number of methoxy groups -OCH3 is 1. The van der Waals surface area contributed by atoms with E-state index in [-0.39, 0.29) is 6.61 Å². The summed E-state index contributed by atoms with van der Waals surface area (Å²) in [4.78, 5) is 4.04. The summed E-state index contributed by atoms with van der Waals surface area (Å²) >= 11 is 0. The van der Waals surface area contributed by atoms with Crippen molar-refractivity contribution < 1.29 is 24.1 Å². The summed E-state index contributed by atoms with van der Waals surface area (Å²) in [6.45, 7) is 0.665. The van der Waals surface area contributed by atoms with E-state index in [4.69, 9.17) is 18.9 Å². The number of aliphatic hydroxyl groups is 1. The molecule has 0 aliphatic carbocycles. The molecule has 0 fully saturated rings. The predicted octanol–water partition coefficient (Wildman–Crippen LogP) is 4.70. The van der Waals surface area contributed by atoms with Crippen molar-refractivity contribution in [3.05, 3.63) is 90.3 Å². The topological polar surface area (TPSA) is 70.0 Å². The molecule has 0 saturated heterocycles. The lowest BCUT2D eigenvalue weighted by molar-refractivity contribution is -0.0106. The maximum absolute atomic E-state index is 10.9. The Hall–Kier alpha value is -3.77. The van der Waals surface area contributed by atoms with E-state index in [9.17, 15) is 5.11 Å². The minimum atomic E-state index is -0.835. The molecule has 2 atom stereocenters. The Kier molecular flexibility index (Phi) is 5.52. The summed E-state index contributed by atoms with van der Waals surface area (Å²) in [6, 6.07) is 21.2. The Morgan fingerprint density at radius 3 is 2.66 bits per heavy atom. The van der Waals surface area contributed by atoms with Gasteiger partial charge in [0.2, 0.25) is 0 Å². The van der Waals surface area contributed by atoms with Gasteiger partial charge in [-0.15, -0.1) is 0 Å². The standard InChI is InChI=1S/C26H23NO5/c1-29-20-7-6-18-11-17(4-5-19(18)12-20)15-30-21-8-9-24-23(13-21)26(28)25(16-31-24)32-22-3-2-10-27-14-22/h2-14,25-26,28H,15-16H2,1H3/t25-,26+/m0/s1. The van der Waals surface area contributed by atoms with Crippen molar-refractivity contribution in [3.8, 4) is 23.0 Å². The molecule has 0 radical (unpaired) electrons. The second-order valence-electron chi connectivity index (χ2n) is 7.64. The van der Waals surface area contributed by atoms with Crippen molar-refractivity contribution in [2.75, 3.05) is 13.7 Å². The van der Waals surface area contributed by atoms with Gasteiger partial charge in [0, 0.05) is 11.8 Å². The molecule has 162 valence electrons. The quantitative estimate of drug-likeness (QED) is 0.479. The molecule has 0 unspecified atom stereocenters. The first-order chi connectivity index (χ1) is 15.7. The summed E-state index contributed by atoms with van der Waals surface area (Å²) in [5.74, 6) is 2.71. The maximum atomic E-state index is 10.9. The molecule has 0 bridgehead atoms. The predicted molar refractivity (Wildman–Crippen MR) is 120 cm³/mol. The van der Waals surface area contributed by atoms with Crippen LogP contribution < -0.4 is 18.9 Å². The Morgan fingerprint density at radius 2 is 1.81 bits per heavy atom. The van der Waals surface area contributed by atoms with E-state index >= 15 is 0 Å². The minimum Gasteiger partial charge on any atom is -0.497 e. The molecule has 1 aliphatic rings. The zero-order valence-electron chi connectivity index (χ0n) is 17.6. The number of hydrogen-bond donors (Lipinski definition) is 1. The van der Waals surface area contributed by atoms with Gasteiger partial charge in [0.05, 0.1) is 13.3 Å². The van der Waals surface area contributed by atoms with Crippen molar-refractivity contribution in [2.24, 2.45) is 0 Å². The van der Waals surface area contributed by atoms with Crippen molar-refractivity contribution >= 4 is 10.8 Å². The fourth-order valence-electron chi connectivity index (χ4n) is 3.79. The average molecular weight is 429 g/mol. The van der Waals surface area contributed by atoms with Gasteiger partial charge in [-0.3, -0.25) is 4.98 Å². The summed E-state index contributed by atoms with van der Waals surface area (Å²) in [6.07, 6.45) is 1.92. The van der Waals surface area contributed by atoms with E-state index in [0.717, 1.165) is 22.1 Å². The number of hydrogen-bond acceptors (Lipinski definition) is 6. The smallest absolute Gasteiger partial charge is 0.163 e. The highest BCUT2D eigenvalue weighted by molar-refractivity contribution is 5.84. The number of rotatable bonds is 6. The maximum Gasteiger partial charge on any atom is 0.163 e. The Bertz CT molecular complexity index is 1230. The first-order valence-corrected chi connectivity index (χ1v) is 10.4. The van der Waals surface area contributed by atoms with Crippen LogP contribution in [-0.4, -0.2) is 29.9 Å². The highest BCUT2D eigenvalue weighted by Crippen LogP contribution is 2.36. The molecule has 2 heterocycles. The average Bonchev–Trinajstić information content (AvgIpc) is 2.85. The van der Waals surface area contributed by atoms with E-state index < -0.39 is 12.2 Å². The molecule has 1 aromatic heterocycles. The fraction of sp³-hybridized carbons (Fsp3) is 0.192. The number of pyridine rings is 1. The van der Waals surface area contributed by atoms with E-state index in [1.807, 2.05) is 42.5 Å². The largest absolute Gasteiger partial charge is 0.497 e. The van der Waals surface area contributed by atoms with Crippen LogP contribution in [0.2, 0.25) is 0 Å². The molecular formula is C26H23NO5. The number of benzene rings is 3. The summed E-state index contributed by atoms with van der Waals surface area (Å²) < 4.78 is 23.0. The van der Waals surface area contributed by atoms with Crippen molar-refractivity contribution in [2.45, 2.75) is 18.8 Å². The van der Waals surface area contributed by atoms with Gasteiger partial charge in [-0.05, 0) is 64.9 Å². The van der Waals surface area contributed by atoms with Gasteiger partial charge in [-0.2, -0.15) is 0 Å². The normalized spacial score (nSPS) is 17.3. The molecule has 32 heavy (non-hydrogen) atoms. The summed E-state index contributed by atoms with van der Waals surface area (Å²) in [5, 5.41) is 13.1. The molecular weight excluding hydrogens is 406 g/mol. The molecule has 0 spiro atoms. The van der Waals surface area contributed by atoms with Crippen LogP contribution >= 0.6 is 0 Å². The SMILES string of the molecule is COc1ccc2cc(COc3ccc4c(c3)[C@@H](O)[C@@H](Oc3cccnc3)CO4)ccc2c1. The zero-order chi connectivity index (χ0) is 21.9. The monoisotopic (exact) mass is 429 g/mol. The van der Waals surface area contributed by atoms with Crippen LogP contribution in [-0.2, 0) is 6.61 Å². The fourth-order valence-corrected chi connectivity index (χ4v) is 3.79. The van der Waals surface area contributed by atoms with Crippen molar-refractivity contribution in [1.82, 2.24) is 4.98 Å². The third-order valence-electron chi connectivity index (χ3n) is 5.49. The minimum absolute atomic E-state index is 0.255. The summed E-state index contributed by atoms with van der Waals surface area (Å²) in [7, 11) is 1.66. The van der Waals surface area contributed by atoms with Crippen LogP contribution in [0.5, 0.6) is 23.0 Å². The van der Waals surface area contributed by atoms with Gasteiger partial charge in [0.15, 0.2) is 6.10 Å². The Morgan fingerprint density at radius 1 is 0.969 bits per heavy atom. The van der Waals surface area contributed by atoms with Gasteiger partial charge in [0.1, 0.15) is 42.3 Å². The number of ether oxygens (including phenoxy) is 4. The van der Waals surface area contributed by atoms with Crippen LogP contribution in [0.1, 0.15) is 17.2 Å². The van der Waals surface area contributed by atoms with E-state index in [2.05, 4.69) is 17.1 Å². The first kappa shape index (κ1) is 20.2. The number of fused-ring (bicyclic) bond motifs is 2. The molecule has 4 aromatic rings. The van der Waals surface area contributed by atoms with Gasteiger partial charge in [0.25, 0.3) is 0 Å². The van der Waals surface area contributed by atoms with Crippen LogP contribution in [0.15, 0.2) is 79.1 Å². The second kappa shape index (κ2) is 8.77. The number of aliphatic hydroxyl groups excluding tert-OH is 1. The van der Waals surface area contributed by atoms with Crippen LogP contribution in [0, 0.1) is 0 Å². The molecule has 6 nitrogen and oxygen atoms in total. The molecule has 5 rings (SSSR count). The van der Waals surface area contributed by atoms with Gasteiger partial charge in [-0.1, -0.05) is 18.2 Å². The number of aromatic nitrogens is 1. The highest BCUT2D eigenvalue weighted by Gasteiger charge is 2.31. The Labute approximate surface area is 186 Å². The van der Waals surface area contributed by atoms with Crippen LogP contribution in [0.3, 0.4) is 0 Å². The third kappa shape index (κ3) is 4.18. The lowest BCUT2D eigenvalue weighted by Crippen LogP contribution is -2.35. The van der Waals surface area contributed by atoms with Crippen molar-refractivity contribution in [3.63, 3.8) is 0 Å². The van der Waals surface area contributed by atoms with E-state index in [1.165, 1.54) is 0 Å². The van der Waals surface area contributed by atoms with Gasteiger partial charge >= 0.3 is 0 Å². The van der Waals surface area contributed by atoms with Crippen molar-refractivity contribution in [1.29, 1.82) is 0 Å². The number of nitrogens with zero attached hydrogens (tertiary/aromatic N) is 1. The first-order valence-electron chi connectivity index (χ1n) is 10.4. The lowest BCUT2D eigenvalue weighted by atomic mass is 10.0. The van der Waals surface area contributed by atoms with E-state index in [1.54, 1.807) is 31.6 Å². The lowest BCUT2D eigenvalue weighted by Gasteiger charge is -2.30. The third-order valence-corrected chi connectivity index (χ3v) is 5.49. The van der Waals surface area contributed by atoms with Gasteiger partial charge in [-0.25, -0.2) is 0 Å². The highest BCUT2D eigenvalue weighted by atomic mass is 16.5. The molecule has 1 N–H and O–H groups in total. The van der Waals surface area contributed by atoms with Gasteiger partial charge < -0.3 is 24.1 Å². The van der Waals surface area contributed by atoms with E-state index in [0.29, 0.717) is 29.4 Å². The molecule has 0 saturated carbocycles. The molecule has 1 aliphatic heterocycles. The molecule has 3 aromatic carbocycles. The van der Waals surface area contributed by atoms with Crippen LogP contribution in [0.25, 0.3) is 10.8 Å². The van der Waals surface area contributed by atoms with Crippen LogP contribution in [0.4, 0.5) is 0 Å². The molecule has 0 amide bonds. The zero-order valence-corrected chi connectivity index (χ0v) is 17.6.